The molecule has 168 valence electrons. The topological polar surface area (TPSA) is 75.2 Å². The van der Waals surface area contributed by atoms with Crippen molar-refractivity contribution in [2.75, 3.05) is 39.9 Å². The van der Waals surface area contributed by atoms with Gasteiger partial charge in [-0.2, -0.15) is 0 Å². The maximum atomic E-state index is 12.1. The van der Waals surface area contributed by atoms with E-state index in [1.54, 1.807) is 0 Å². The van der Waals surface area contributed by atoms with Gasteiger partial charge in [0.1, 0.15) is 5.60 Å². The first kappa shape index (κ1) is 25.3. The molecule has 0 aliphatic carbocycles. The summed E-state index contributed by atoms with van der Waals surface area (Å²) >= 11 is 0. The number of carbonyl (C=O) groups excluding carboxylic acids is 1. The van der Waals surface area contributed by atoms with Gasteiger partial charge in [-0.05, 0) is 52.9 Å². The van der Waals surface area contributed by atoms with Crippen molar-refractivity contribution in [2.45, 2.75) is 72.4 Å². The third-order valence-corrected chi connectivity index (χ3v) is 4.73. The van der Waals surface area contributed by atoms with E-state index < -0.39 is 5.60 Å². The summed E-state index contributed by atoms with van der Waals surface area (Å²) in [7, 11) is 2.04. The Kier molecular flexibility index (Phi) is 11.1. The van der Waals surface area contributed by atoms with Crippen LogP contribution >= 0.6 is 0 Å². The van der Waals surface area contributed by atoms with Gasteiger partial charge in [-0.25, -0.2) is 4.79 Å². The fourth-order valence-electron chi connectivity index (χ4n) is 3.04. The largest absolute Gasteiger partial charge is 0.444 e. The minimum atomic E-state index is -0.493. The Morgan fingerprint density at radius 1 is 1.38 bits per heavy atom. The van der Waals surface area contributed by atoms with Crippen LogP contribution in [0, 0.1) is 5.92 Å². The molecule has 1 unspecified atom stereocenters. The van der Waals surface area contributed by atoms with Crippen molar-refractivity contribution in [1.29, 1.82) is 0 Å². The summed E-state index contributed by atoms with van der Waals surface area (Å²) < 4.78 is 10.8. The molecule has 1 atom stereocenters. The number of hydrogen-bond acceptors (Lipinski definition) is 4. The summed E-state index contributed by atoms with van der Waals surface area (Å²) in [6.07, 6.45) is 4.62. The molecule has 0 aromatic carbocycles. The predicted molar refractivity (Wildman–Crippen MR) is 119 cm³/mol. The highest BCUT2D eigenvalue weighted by Gasteiger charge is 2.22. The maximum absolute atomic E-state index is 12.1. The summed E-state index contributed by atoms with van der Waals surface area (Å²) in [4.78, 5) is 19.1. The summed E-state index contributed by atoms with van der Waals surface area (Å²) in [5.74, 6) is 1.22. The molecular formula is C22H42N4O3. The summed E-state index contributed by atoms with van der Waals surface area (Å²) in [5, 5.41) is 6.38. The SMILES string of the molecule is CCNC(=NCCC1=CCOCC1)N(C)CCC(NC(=O)OC(C)(C)C)C(C)C. The molecule has 1 aliphatic rings. The second-order valence-electron chi connectivity index (χ2n) is 8.88. The molecule has 0 aromatic heterocycles. The zero-order valence-corrected chi connectivity index (χ0v) is 19.5. The van der Waals surface area contributed by atoms with Crippen LogP contribution in [-0.4, -0.2) is 68.5 Å². The quantitative estimate of drug-likeness (QED) is 0.345. The van der Waals surface area contributed by atoms with Crippen LogP contribution in [0.15, 0.2) is 16.6 Å². The van der Waals surface area contributed by atoms with Crippen molar-refractivity contribution >= 4 is 12.1 Å². The van der Waals surface area contributed by atoms with E-state index in [2.05, 4.69) is 42.4 Å². The number of aliphatic imine (C=N–C) groups is 1. The number of ether oxygens (including phenoxy) is 2. The van der Waals surface area contributed by atoms with Crippen LogP contribution in [0.3, 0.4) is 0 Å². The van der Waals surface area contributed by atoms with Crippen LogP contribution in [0.4, 0.5) is 4.79 Å². The summed E-state index contributed by atoms with van der Waals surface area (Å²) in [6, 6.07) is 0.0440. The molecule has 2 N–H and O–H groups in total. The molecule has 1 amide bonds. The fraction of sp³-hybridized carbons (Fsp3) is 0.818. The van der Waals surface area contributed by atoms with Crippen molar-refractivity contribution in [2.24, 2.45) is 10.9 Å². The van der Waals surface area contributed by atoms with Gasteiger partial charge >= 0.3 is 6.09 Å². The van der Waals surface area contributed by atoms with Crippen molar-refractivity contribution in [1.82, 2.24) is 15.5 Å². The maximum Gasteiger partial charge on any atom is 0.407 e. The lowest BCUT2D eigenvalue weighted by atomic mass is 10.0. The lowest BCUT2D eigenvalue weighted by Crippen LogP contribution is -2.45. The highest BCUT2D eigenvalue weighted by atomic mass is 16.6. The van der Waals surface area contributed by atoms with Crippen LogP contribution in [0.5, 0.6) is 0 Å². The first-order valence-corrected chi connectivity index (χ1v) is 10.9. The fourth-order valence-corrected chi connectivity index (χ4v) is 3.04. The average Bonchev–Trinajstić information content (AvgIpc) is 2.63. The molecule has 0 fully saturated rings. The van der Waals surface area contributed by atoms with Gasteiger partial charge in [-0.1, -0.05) is 25.5 Å². The Balaban J connectivity index is 2.57. The predicted octanol–water partition coefficient (Wildman–Crippen LogP) is 3.56. The van der Waals surface area contributed by atoms with E-state index in [0.29, 0.717) is 5.92 Å². The lowest BCUT2D eigenvalue weighted by Gasteiger charge is -2.28. The zero-order valence-electron chi connectivity index (χ0n) is 19.5. The highest BCUT2D eigenvalue weighted by Crippen LogP contribution is 2.13. The molecule has 29 heavy (non-hydrogen) atoms. The van der Waals surface area contributed by atoms with Crippen LogP contribution < -0.4 is 10.6 Å². The number of hydrogen-bond donors (Lipinski definition) is 2. The Morgan fingerprint density at radius 2 is 2.10 bits per heavy atom. The van der Waals surface area contributed by atoms with Gasteiger partial charge in [0.05, 0.1) is 13.2 Å². The van der Waals surface area contributed by atoms with Crippen LogP contribution in [0.1, 0.15) is 60.8 Å². The number of rotatable bonds is 9. The number of alkyl carbamates (subject to hydrolysis) is 1. The van der Waals surface area contributed by atoms with E-state index in [-0.39, 0.29) is 12.1 Å². The van der Waals surface area contributed by atoms with Gasteiger partial charge in [-0.3, -0.25) is 4.99 Å². The molecule has 1 rings (SSSR count). The van der Waals surface area contributed by atoms with Crippen molar-refractivity contribution in [3.63, 3.8) is 0 Å². The van der Waals surface area contributed by atoms with Crippen LogP contribution in [0.25, 0.3) is 0 Å². The first-order valence-electron chi connectivity index (χ1n) is 10.9. The number of nitrogens with one attached hydrogen (secondary N) is 2. The van der Waals surface area contributed by atoms with Gasteiger partial charge in [0.15, 0.2) is 5.96 Å². The molecule has 0 spiro atoms. The molecule has 0 bridgehead atoms. The smallest absolute Gasteiger partial charge is 0.407 e. The minimum Gasteiger partial charge on any atom is -0.444 e. The Bertz CT molecular complexity index is 553. The summed E-state index contributed by atoms with van der Waals surface area (Å²) in [5.41, 5.74) is 0.938. The number of nitrogens with zero attached hydrogens (tertiary/aromatic N) is 2. The second-order valence-corrected chi connectivity index (χ2v) is 8.88. The second kappa shape index (κ2) is 12.7. The van der Waals surface area contributed by atoms with Crippen molar-refractivity contribution in [3.05, 3.63) is 11.6 Å². The third kappa shape index (κ3) is 11.1. The van der Waals surface area contributed by atoms with Gasteiger partial charge in [0.2, 0.25) is 0 Å². The average molecular weight is 411 g/mol. The van der Waals surface area contributed by atoms with Crippen LogP contribution in [0.2, 0.25) is 0 Å². The Hall–Kier alpha value is -1.76. The van der Waals surface area contributed by atoms with Gasteiger partial charge in [0, 0.05) is 32.7 Å². The summed E-state index contributed by atoms with van der Waals surface area (Å²) in [6.45, 7) is 15.8. The van der Waals surface area contributed by atoms with Gasteiger partial charge < -0.3 is 25.0 Å². The molecule has 1 aliphatic heterocycles. The molecule has 1 heterocycles. The first-order chi connectivity index (χ1) is 13.6. The normalized spacial score (nSPS) is 16.3. The third-order valence-electron chi connectivity index (χ3n) is 4.73. The van der Waals surface area contributed by atoms with E-state index >= 15 is 0 Å². The molecule has 0 saturated heterocycles. The zero-order chi connectivity index (χ0) is 21.9. The minimum absolute atomic E-state index is 0.0440. The molecule has 7 heteroatoms. The lowest BCUT2D eigenvalue weighted by molar-refractivity contribution is 0.0486. The monoisotopic (exact) mass is 410 g/mol. The van der Waals surface area contributed by atoms with E-state index in [1.165, 1.54) is 5.57 Å². The Labute approximate surface area is 177 Å². The van der Waals surface area contributed by atoms with Gasteiger partial charge in [0.25, 0.3) is 0 Å². The molecule has 0 radical (unpaired) electrons. The van der Waals surface area contributed by atoms with Crippen LogP contribution in [-0.2, 0) is 9.47 Å². The van der Waals surface area contributed by atoms with Crippen molar-refractivity contribution < 1.29 is 14.3 Å². The van der Waals surface area contributed by atoms with E-state index in [1.807, 2.05) is 27.8 Å². The number of guanidine groups is 1. The molecule has 0 saturated carbocycles. The van der Waals surface area contributed by atoms with E-state index in [4.69, 9.17) is 14.5 Å². The molecule has 7 nitrogen and oxygen atoms in total. The van der Waals surface area contributed by atoms with E-state index in [9.17, 15) is 4.79 Å². The molecular weight excluding hydrogens is 368 g/mol. The standard InChI is InChI=1S/C22H42N4O3/c1-8-23-20(24-13-9-18-11-15-28-16-12-18)26(7)14-10-19(17(2)3)25-21(27)29-22(4,5)6/h11,17,19H,8-10,12-16H2,1-7H3,(H,23,24)(H,25,27). The Morgan fingerprint density at radius 3 is 2.66 bits per heavy atom. The van der Waals surface area contributed by atoms with Crippen molar-refractivity contribution in [3.8, 4) is 0 Å². The molecule has 0 aromatic rings. The highest BCUT2D eigenvalue weighted by molar-refractivity contribution is 5.79. The number of amides is 1. The van der Waals surface area contributed by atoms with E-state index in [0.717, 1.165) is 58.1 Å². The number of carbonyl (C=O) groups is 1. The van der Waals surface area contributed by atoms with Gasteiger partial charge in [-0.15, -0.1) is 0 Å².